The second-order valence-electron chi connectivity index (χ2n) is 5.91. The number of alkyl halides is 3. The average Bonchev–Trinajstić information content (AvgIpc) is 2.62. The topological polar surface area (TPSA) is 33.2 Å². The van der Waals surface area contributed by atoms with Gasteiger partial charge in [-0.05, 0) is 36.8 Å². The van der Waals surface area contributed by atoms with Crippen LogP contribution in [-0.2, 0) is 6.18 Å². The Morgan fingerprint density at radius 3 is 2.58 bits per heavy atom. The maximum atomic E-state index is 13.0. The number of benzene rings is 1. The number of rotatable bonds is 7. The fourth-order valence-corrected chi connectivity index (χ4v) is 2.81. The van der Waals surface area contributed by atoms with E-state index < -0.39 is 17.6 Å². The molecule has 0 spiro atoms. The third-order valence-electron chi connectivity index (χ3n) is 3.95. The van der Waals surface area contributed by atoms with Crippen molar-refractivity contribution in [1.29, 1.82) is 0 Å². The number of pyridine rings is 1. The molecule has 0 aliphatic rings. The summed E-state index contributed by atoms with van der Waals surface area (Å²) in [5.41, 5.74) is -0.491. The second kappa shape index (κ2) is 9.03. The van der Waals surface area contributed by atoms with Gasteiger partial charge in [-0.25, -0.2) is 4.98 Å². The highest BCUT2D eigenvalue weighted by Gasteiger charge is 2.31. The van der Waals surface area contributed by atoms with Crippen molar-refractivity contribution >= 4 is 23.2 Å². The molecule has 0 aliphatic heterocycles. The van der Waals surface area contributed by atoms with Crippen molar-refractivity contribution in [2.45, 2.75) is 38.8 Å². The number of carbonyl (C=O) groups excluding carboxylic acids is 1. The van der Waals surface area contributed by atoms with E-state index in [1.165, 1.54) is 23.2 Å². The van der Waals surface area contributed by atoms with E-state index in [9.17, 15) is 18.0 Å². The van der Waals surface area contributed by atoms with E-state index in [4.69, 9.17) is 11.6 Å². The quantitative estimate of drug-likeness (QED) is 0.434. The number of nitrogens with zero attached hydrogens (tertiary/aromatic N) is 2. The van der Waals surface area contributed by atoms with E-state index in [0.717, 1.165) is 37.8 Å². The molecule has 0 unspecified atom stereocenters. The summed E-state index contributed by atoms with van der Waals surface area (Å²) in [5, 5.41) is 0.142. The van der Waals surface area contributed by atoms with Crippen molar-refractivity contribution in [2.75, 3.05) is 11.4 Å². The van der Waals surface area contributed by atoms with Gasteiger partial charge in [0.15, 0.2) is 5.15 Å². The largest absolute Gasteiger partial charge is 0.416 e. The summed E-state index contributed by atoms with van der Waals surface area (Å²) in [4.78, 5) is 18.3. The molecule has 2 aromatic rings. The van der Waals surface area contributed by atoms with Gasteiger partial charge in [0.1, 0.15) is 0 Å². The highest BCUT2D eigenvalue weighted by atomic mass is 35.5. The number of unbranched alkanes of at least 4 members (excludes halogenated alkanes) is 3. The predicted octanol–water partition coefficient (Wildman–Crippen LogP) is 5.98. The molecular weight excluding hydrogens is 365 g/mol. The van der Waals surface area contributed by atoms with Crippen LogP contribution in [0.5, 0.6) is 0 Å². The first-order chi connectivity index (χ1) is 12.3. The number of carbonyl (C=O) groups is 1. The van der Waals surface area contributed by atoms with Crippen LogP contribution in [0.25, 0.3) is 0 Å². The van der Waals surface area contributed by atoms with Crippen LogP contribution in [0.15, 0.2) is 42.6 Å². The number of aromatic nitrogens is 1. The summed E-state index contributed by atoms with van der Waals surface area (Å²) >= 11 is 6.11. The summed E-state index contributed by atoms with van der Waals surface area (Å²) in [6.07, 6.45) is 0.691. The third-order valence-corrected chi connectivity index (χ3v) is 4.24. The van der Waals surface area contributed by atoms with Gasteiger partial charge < -0.3 is 4.90 Å². The fourth-order valence-electron chi connectivity index (χ4n) is 2.59. The molecule has 0 atom stereocenters. The van der Waals surface area contributed by atoms with Gasteiger partial charge in [0, 0.05) is 18.3 Å². The normalized spacial score (nSPS) is 11.4. The molecule has 1 aromatic heterocycles. The summed E-state index contributed by atoms with van der Waals surface area (Å²) in [6.45, 7) is 2.43. The molecule has 7 heteroatoms. The molecule has 26 heavy (non-hydrogen) atoms. The van der Waals surface area contributed by atoms with Gasteiger partial charge >= 0.3 is 6.18 Å². The molecule has 1 aromatic carbocycles. The van der Waals surface area contributed by atoms with Crippen LogP contribution < -0.4 is 4.90 Å². The van der Waals surface area contributed by atoms with Crippen molar-refractivity contribution in [3.63, 3.8) is 0 Å². The van der Waals surface area contributed by atoms with Gasteiger partial charge in [0.25, 0.3) is 5.91 Å². The van der Waals surface area contributed by atoms with Crippen LogP contribution in [0.2, 0.25) is 5.15 Å². The van der Waals surface area contributed by atoms with Crippen molar-refractivity contribution in [3.8, 4) is 0 Å². The zero-order chi connectivity index (χ0) is 19.2. The SMILES string of the molecule is CCCCCCN(C(=O)c1cccc(C(F)(F)F)c1)c1cccnc1Cl. The molecule has 0 aliphatic carbocycles. The van der Waals surface area contributed by atoms with E-state index in [2.05, 4.69) is 11.9 Å². The summed E-state index contributed by atoms with van der Waals surface area (Å²) in [7, 11) is 0. The Kier molecular flexibility index (Phi) is 7.03. The highest BCUT2D eigenvalue weighted by Crippen LogP contribution is 2.31. The lowest BCUT2D eigenvalue weighted by molar-refractivity contribution is -0.137. The Balaban J connectivity index is 2.32. The Labute approximate surface area is 155 Å². The van der Waals surface area contributed by atoms with Crippen LogP contribution in [-0.4, -0.2) is 17.4 Å². The van der Waals surface area contributed by atoms with Gasteiger partial charge in [-0.2, -0.15) is 13.2 Å². The first-order valence-electron chi connectivity index (χ1n) is 8.44. The zero-order valence-electron chi connectivity index (χ0n) is 14.4. The summed E-state index contributed by atoms with van der Waals surface area (Å²) in [5.74, 6) is -0.525. The van der Waals surface area contributed by atoms with E-state index >= 15 is 0 Å². The Morgan fingerprint density at radius 1 is 1.15 bits per heavy atom. The zero-order valence-corrected chi connectivity index (χ0v) is 15.1. The van der Waals surface area contributed by atoms with Crippen LogP contribution in [0, 0.1) is 0 Å². The van der Waals surface area contributed by atoms with Crippen molar-refractivity contribution in [1.82, 2.24) is 4.98 Å². The molecule has 140 valence electrons. The minimum atomic E-state index is -4.51. The lowest BCUT2D eigenvalue weighted by Crippen LogP contribution is -2.32. The lowest BCUT2D eigenvalue weighted by Gasteiger charge is -2.24. The number of halogens is 4. The number of hydrogen-bond donors (Lipinski definition) is 0. The Bertz CT molecular complexity index is 750. The van der Waals surface area contributed by atoms with Crippen molar-refractivity contribution < 1.29 is 18.0 Å². The van der Waals surface area contributed by atoms with E-state index in [1.54, 1.807) is 12.1 Å². The van der Waals surface area contributed by atoms with Crippen molar-refractivity contribution in [2.24, 2.45) is 0 Å². The number of anilines is 1. The van der Waals surface area contributed by atoms with Crippen LogP contribution in [0.1, 0.15) is 48.5 Å². The molecule has 2 rings (SSSR count). The number of amides is 1. The monoisotopic (exact) mass is 384 g/mol. The Morgan fingerprint density at radius 2 is 1.92 bits per heavy atom. The maximum Gasteiger partial charge on any atom is 0.416 e. The fraction of sp³-hybridized carbons (Fsp3) is 0.368. The van der Waals surface area contributed by atoms with Gasteiger partial charge in [-0.1, -0.05) is 43.9 Å². The van der Waals surface area contributed by atoms with Crippen LogP contribution in [0.3, 0.4) is 0 Å². The molecule has 0 radical (unpaired) electrons. The predicted molar refractivity (Wildman–Crippen MR) is 96.5 cm³/mol. The standard InChI is InChI=1S/C19H20ClF3N2O/c1-2-3-4-5-12-25(16-10-7-11-24-17(16)20)18(26)14-8-6-9-15(13-14)19(21,22)23/h6-11,13H,2-5,12H2,1H3. The maximum absolute atomic E-state index is 13.0. The molecule has 0 bridgehead atoms. The Hall–Kier alpha value is -2.08. The summed E-state index contributed by atoms with van der Waals surface area (Å²) < 4.78 is 38.9. The summed E-state index contributed by atoms with van der Waals surface area (Å²) in [6, 6.07) is 7.70. The molecule has 0 fully saturated rings. The third kappa shape index (κ3) is 5.21. The molecule has 3 nitrogen and oxygen atoms in total. The van der Waals surface area contributed by atoms with Crippen LogP contribution >= 0.6 is 11.6 Å². The lowest BCUT2D eigenvalue weighted by atomic mass is 10.1. The van der Waals surface area contributed by atoms with Gasteiger partial charge in [-0.3, -0.25) is 4.79 Å². The number of hydrogen-bond acceptors (Lipinski definition) is 2. The average molecular weight is 385 g/mol. The van der Waals surface area contributed by atoms with Crippen molar-refractivity contribution in [3.05, 3.63) is 58.9 Å². The highest BCUT2D eigenvalue weighted by molar-refractivity contribution is 6.32. The molecule has 0 N–H and O–H groups in total. The minimum Gasteiger partial charge on any atom is -0.305 e. The molecular formula is C19H20ClF3N2O. The van der Waals surface area contributed by atoms with E-state index in [0.29, 0.717) is 12.2 Å². The first-order valence-corrected chi connectivity index (χ1v) is 8.82. The molecule has 1 amide bonds. The molecule has 0 saturated carbocycles. The molecule has 1 heterocycles. The first kappa shape index (κ1) is 20.2. The van der Waals surface area contributed by atoms with Gasteiger partial charge in [-0.15, -0.1) is 0 Å². The van der Waals surface area contributed by atoms with E-state index in [-0.39, 0.29) is 10.7 Å². The van der Waals surface area contributed by atoms with Gasteiger partial charge in [0.05, 0.1) is 11.3 Å². The smallest absolute Gasteiger partial charge is 0.305 e. The second-order valence-corrected chi connectivity index (χ2v) is 6.27. The van der Waals surface area contributed by atoms with E-state index in [1.807, 2.05) is 0 Å². The van der Waals surface area contributed by atoms with Crippen LogP contribution in [0.4, 0.5) is 18.9 Å². The minimum absolute atomic E-state index is 0.0322. The van der Waals surface area contributed by atoms with Gasteiger partial charge in [0.2, 0.25) is 0 Å². The molecule has 0 saturated heterocycles.